The smallest absolute Gasteiger partial charge is 0.191 e. The lowest BCUT2D eigenvalue weighted by molar-refractivity contribution is 0.119. The molecule has 2 N–H and O–H groups in total. The Hall–Kier alpha value is -2.70. The number of anilines is 1. The van der Waals surface area contributed by atoms with E-state index in [1.807, 2.05) is 31.0 Å². The number of rotatable bonds is 6. The van der Waals surface area contributed by atoms with Crippen LogP contribution >= 0.6 is 0 Å². The van der Waals surface area contributed by atoms with Crippen molar-refractivity contribution >= 4 is 11.6 Å². The average Bonchev–Trinajstić information content (AvgIpc) is 3.15. The zero-order valence-corrected chi connectivity index (χ0v) is 17.5. The van der Waals surface area contributed by atoms with Gasteiger partial charge >= 0.3 is 0 Å². The van der Waals surface area contributed by atoms with Crippen molar-refractivity contribution in [2.45, 2.75) is 50.8 Å². The van der Waals surface area contributed by atoms with E-state index >= 15 is 0 Å². The number of nitrogens with one attached hydrogen (secondary N) is 2. The molecule has 0 spiro atoms. The van der Waals surface area contributed by atoms with Gasteiger partial charge in [0.1, 0.15) is 5.75 Å². The maximum Gasteiger partial charge on any atom is 0.191 e. The molecule has 0 amide bonds. The van der Waals surface area contributed by atoms with Crippen LogP contribution in [-0.2, 0) is 13.6 Å². The number of aromatic nitrogens is 2. The number of benzene rings is 1. The van der Waals surface area contributed by atoms with Gasteiger partial charge < -0.3 is 20.3 Å². The summed E-state index contributed by atoms with van der Waals surface area (Å²) < 4.78 is 8.00. The first kappa shape index (κ1) is 19.6. The van der Waals surface area contributed by atoms with Gasteiger partial charge in [0.15, 0.2) is 5.96 Å². The van der Waals surface area contributed by atoms with Crippen molar-refractivity contribution < 1.29 is 4.74 Å². The molecular weight excluding hydrogens is 364 g/mol. The van der Waals surface area contributed by atoms with Gasteiger partial charge in [0.05, 0.1) is 18.0 Å². The molecule has 1 aliphatic heterocycles. The number of aryl methyl sites for hydroxylation is 1. The predicted octanol–water partition coefficient (Wildman–Crippen LogP) is 2.69. The highest BCUT2D eigenvalue weighted by molar-refractivity contribution is 5.80. The number of ether oxygens (including phenoxy) is 1. The Morgan fingerprint density at radius 1 is 1.24 bits per heavy atom. The van der Waals surface area contributed by atoms with Crippen molar-refractivity contribution in [1.29, 1.82) is 0 Å². The normalized spacial score (nSPS) is 20.3. The number of para-hydroxylation sites is 1. The topological polar surface area (TPSA) is 66.7 Å². The molecule has 1 atom stereocenters. The number of nitrogens with zero attached hydrogens (tertiary/aromatic N) is 4. The lowest BCUT2D eigenvalue weighted by Gasteiger charge is -2.34. The molecule has 29 heavy (non-hydrogen) atoms. The van der Waals surface area contributed by atoms with Crippen LogP contribution < -0.4 is 20.3 Å². The molecule has 2 heterocycles. The minimum absolute atomic E-state index is 0.358. The second-order valence-corrected chi connectivity index (χ2v) is 8.01. The molecule has 1 saturated heterocycles. The molecular formula is C22H32N6O. The summed E-state index contributed by atoms with van der Waals surface area (Å²) in [6.07, 6.45) is 10.3. The van der Waals surface area contributed by atoms with E-state index in [0.29, 0.717) is 18.7 Å². The van der Waals surface area contributed by atoms with Gasteiger partial charge in [-0.25, -0.2) is 0 Å². The highest BCUT2D eigenvalue weighted by Crippen LogP contribution is 2.27. The molecule has 2 aromatic rings. The first-order chi connectivity index (χ1) is 14.2. The molecule has 1 aliphatic carbocycles. The van der Waals surface area contributed by atoms with Crippen LogP contribution in [0, 0.1) is 0 Å². The van der Waals surface area contributed by atoms with E-state index in [2.05, 4.69) is 50.0 Å². The highest BCUT2D eigenvalue weighted by atomic mass is 16.5. The van der Waals surface area contributed by atoms with Crippen LogP contribution in [0.1, 0.15) is 37.7 Å². The van der Waals surface area contributed by atoms with Crippen molar-refractivity contribution in [2.24, 2.45) is 12.0 Å². The lowest BCUT2D eigenvalue weighted by atomic mass is 9.96. The minimum Gasteiger partial charge on any atom is -0.490 e. The zero-order valence-electron chi connectivity index (χ0n) is 17.5. The van der Waals surface area contributed by atoms with Gasteiger partial charge in [-0.3, -0.25) is 9.67 Å². The molecule has 7 nitrogen and oxygen atoms in total. The van der Waals surface area contributed by atoms with E-state index in [1.165, 1.54) is 30.5 Å². The molecule has 2 aliphatic rings. The van der Waals surface area contributed by atoms with Crippen LogP contribution in [0.3, 0.4) is 0 Å². The summed E-state index contributed by atoms with van der Waals surface area (Å²) in [6.45, 7) is 2.72. The lowest BCUT2D eigenvalue weighted by Crippen LogP contribution is -2.51. The van der Waals surface area contributed by atoms with Crippen molar-refractivity contribution in [3.8, 4) is 5.75 Å². The number of hydrogen-bond acceptors (Lipinski definition) is 4. The van der Waals surface area contributed by atoms with Crippen LogP contribution in [0.2, 0.25) is 0 Å². The van der Waals surface area contributed by atoms with Crippen LogP contribution in [0.25, 0.3) is 0 Å². The third-order valence-corrected chi connectivity index (χ3v) is 5.81. The molecule has 156 valence electrons. The SMILES string of the molecule is CN=C(NCc1ccccc1OC1CCC1)NC1CCCN(c2cnn(C)c2)C1. The van der Waals surface area contributed by atoms with Crippen LogP contribution in [0.4, 0.5) is 5.69 Å². The molecule has 1 saturated carbocycles. The fourth-order valence-corrected chi connectivity index (χ4v) is 3.90. The maximum absolute atomic E-state index is 6.15. The van der Waals surface area contributed by atoms with Gasteiger partial charge in [-0.2, -0.15) is 5.10 Å². The average molecular weight is 397 g/mol. The van der Waals surface area contributed by atoms with Crippen LogP contribution in [0.15, 0.2) is 41.7 Å². The van der Waals surface area contributed by atoms with Gasteiger partial charge in [-0.05, 0) is 38.2 Å². The van der Waals surface area contributed by atoms with Crippen molar-refractivity contribution in [2.75, 3.05) is 25.0 Å². The first-order valence-corrected chi connectivity index (χ1v) is 10.7. The Balaban J connectivity index is 1.32. The summed E-state index contributed by atoms with van der Waals surface area (Å²) in [4.78, 5) is 6.83. The van der Waals surface area contributed by atoms with Gasteiger partial charge in [0, 0.05) is 51.5 Å². The van der Waals surface area contributed by atoms with E-state index in [4.69, 9.17) is 4.74 Å². The van der Waals surface area contributed by atoms with E-state index < -0.39 is 0 Å². The van der Waals surface area contributed by atoms with Gasteiger partial charge in [0.2, 0.25) is 0 Å². The fourth-order valence-electron chi connectivity index (χ4n) is 3.90. The third-order valence-electron chi connectivity index (χ3n) is 5.81. The zero-order chi connectivity index (χ0) is 20.1. The predicted molar refractivity (Wildman–Crippen MR) is 116 cm³/mol. The van der Waals surface area contributed by atoms with E-state index in [0.717, 1.165) is 37.6 Å². The van der Waals surface area contributed by atoms with Gasteiger partial charge in [-0.15, -0.1) is 0 Å². The Morgan fingerprint density at radius 3 is 2.83 bits per heavy atom. The Labute approximate surface area is 173 Å². The van der Waals surface area contributed by atoms with E-state index in [-0.39, 0.29) is 0 Å². The van der Waals surface area contributed by atoms with Crippen molar-refractivity contribution in [1.82, 2.24) is 20.4 Å². The second-order valence-electron chi connectivity index (χ2n) is 8.01. The first-order valence-electron chi connectivity index (χ1n) is 10.7. The van der Waals surface area contributed by atoms with Crippen molar-refractivity contribution in [3.63, 3.8) is 0 Å². The summed E-state index contributed by atoms with van der Waals surface area (Å²) in [5.41, 5.74) is 2.35. The number of hydrogen-bond donors (Lipinski definition) is 2. The second kappa shape index (κ2) is 9.20. The number of aliphatic imine (C=N–C) groups is 1. The summed E-state index contributed by atoms with van der Waals surface area (Å²) >= 11 is 0. The maximum atomic E-state index is 6.15. The monoisotopic (exact) mass is 396 g/mol. The molecule has 0 bridgehead atoms. The van der Waals surface area contributed by atoms with E-state index in [1.54, 1.807) is 0 Å². The third kappa shape index (κ3) is 5.02. The Bertz CT molecular complexity index is 828. The Kier molecular flexibility index (Phi) is 6.22. The molecule has 0 radical (unpaired) electrons. The molecule has 2 fully saturated rings. The fraction of sp³-hybridized carbons (Fsp3) is 0.545. The van der Waals surface area contributed by atoms with Crippen LogP contribution in [-0.4, -0.2) is 48.0 Å². The summed E-state index contributed by atoms with van der Waals surface area (Å²) in [5, 5.41) is 11.4. The largest absolute Gasteiger partial charge is 0.490 e. The van der Waals surface area contributed by atoms with Gasteiger partial charge in [-0.1, -0.05) is 18.2 Å². The summed E-state index contributed by atoms with van der Waals surface area (Å²) in [6, 6.07) is 8.65. The summed E-state index contributed by atoms with van der Waals surface area (Å²) in [7, 11) is 3.79. The number of piperidine rings is 1. The van der Waals surface area contributed by atoms with Crippen molar-refractivity contribution in [3.05, 3.63) is 42.2 Å². The molecule has 4 rings (SSSR count). The molecule has 7 heteroatoms. The molecule has 1 unspecified atom stereocenters. The summed E-state index contributed by atoms with van der Waals surface area (Å²) in [5.74, 6) is 1.82. The quantitative estimate of drug-likeness (QED) is 0.581. The molecule has 1 aromatic carbocycles. The van der Waals surface area contributed by atoms with Gasteiger partial charge in [0.25, 0.3) is 0 Å². The molecule has 1 aromatic heterocycles. The minimum atomic E-state index is 0.358. The number of guanidine groups is 1. The van der Waals surface area contributed by atoms with Crippen LogP contribution in [0.5, 0.6) is 5.75 Å². The standard InChI is InChI=1S/C22H32N6O/c1-23-22(24-13-17-7-3-4-11-21(17)29-20-9-5-10-20)26-18-8-6-12-28(15-18)19-14-25-27(2)16-19/h3-4,7,11,14,16,18,20H,5-6,8-10,12-13,15H2,1-2H3,(H2,23,24,26). The van der Waals surface area contributed by atoms with E-state index in [9.17, 15) is 0 Å². The highest BCUT2D eigenvalue weighted by Gasteiger charge is 2.22. The Morgan fingerprint density at radius 2 is 2.10 bits per heavy atom.